The van der Waals surface area contributed by atoms with Crippen LogP contribution in [0.25, 0.3) is 115 Å². The van der Waals surface area contributed by atoms with Crippen molar-refractivity contribution < 1.29 is 8.83 Å². The van der Waals surface area contributed by atoms with Gasteiger partial charge in [0.1, 0.15) is 22.3 Å². The first-order chi connectivity index (χ1) is 28.6. The van der Waals surface area contributed by atoms with Crippen molar-refractivity contribution >= 4 is 81.1 Å². The van der Waals surface area contributed by atoms with Crippen LogP contribution in [-0.4, -0.2) is 24.9 Å². The molecule has 0 N–H and O–H groups in total. The Kier molecular flexibility index (Phi) is 7.30. The molecule has 5 aromatic heterocycles. The maximum absolute atomic E-state index is 6.57. The summed E-state index contributed by atoms with van der Waals surface area (Å²) in [6.45, 7) is 2.24. The van der Waals surface area contributed by atoms with E-state index in [0.29, 0.717) is 23.4 Å². The van der Waals surface area contributed by atoms with E-state index in [1.165, 1.54) is 4.70 Å². The smallest absolute Gasteiger partial charge is 0.164 e. The molecule has 0 bridgehead atoms. The van der Waals surface area contributed by atoms with Crippen molar-refractivity contribution in [2.75, 3.05) is 0 Å². The normalized spacial score (nSPS) is 14.4. The second kappa shape index (κ2) is 12.9. The van der Waals surface area contributed by atoms with Crippen molar-refractivity contribution in [2.45, 2.75) is 13.3 Å². The first kappa shape index (κ1) is 32.9. The minimum atomic E-state index is 0.313. The number of fused-ring (bicyclic) bond motifs is 9. The van der Waals surface area contributed by atoms with E-state index in [9.17, 15) is 0 Å². The molecule has 0 radical (unpaired) electrons. The van der Waals surface area contributed by atoms with Gasteiger partial charge in [-0.2, -0.15) is 0 Å². The van der Waals surface area contributed by atoms with Gasteiger partial charge < -0.3 is 8.83 Å². The highest BCUT2D eigenvalue weighted by atomic mass is 32.1. The summed E-state index contributed by atoms with van der Waals surface area (Å²) in [5, 5.41) is 5.01. The van der Waals surface area contributed by atoms with Crippen LogP contribution < -0.4 is 0 Å². The molecule has 274 valence electrons. The molecule has 1 atom stereocenters. The van der Waals surface area contributed by atoms with Gasteiger partial charge in [-0.1, -0.05) is 116 Å². The lowest BCUT2D eigenvalue weighted by atomic mass is 9.92. The van der Waals surface area contributed by atoms with E-state index in [1.54, 1.807) is 11.3 Å². The number of nitrogens with zero attached hydrogens (tertiary/aromatic N) is 5. The summed E-state index contributed by atoms with van der Waals surface area (Å²) in [7, 11) is 0. The molecule has 7 nitrogen and oxygen atoms in total. The molecule has 58 heavy (non-hydrogen) atoms. The minimum Gasteiger partial charge on any atom is -0.456 e. The third-order valence-corrected chi connectivity index (χ3v) is 12.4. The zero-order valence-corrected chi connectivity index (χ0v) is 32.0. The topological polar surface area (TPSA) is 90.7 Å². The van der Waals surface area contributed by atoms with Crippen LogP contribution in [0, 0.1) is 5.92 Å². The van der Waals surface area contributed by atoms with Gasteiger partial charge in [0.05, 0.1) is 15.9 Å². The number of rotatable bonds is 5. The lowest BCUT2D eigenvalue weighted by molar-refractivity contribution is 0.668. The maximum Gasteiger partial charge on any atom is 0.164 e. The van der Waals surface area contributed by atoms with Crippen LogP contribution in [0.2, 0.25) is 0 Å². The van der Waals surface area contributed by atoms with Crippen molar-refractivity contribution in [1.29, 1.82) is 0 Å². The summed E-state index contributed by atoms with van der Waals surface area (Å²) >= 11 is 1.74. The summed E-state index contributed by atoms with van der Waals surface area (Å²) in [6.07, 6.45) is 7.45. The molecule has 1 aliphatic rings. The quantitative estimate of drug-likeness (QED) is 0.172. The van der Waals surface area contributed by atoms with Crippen molar-refractivity contribution in [2.24, 2.45) is 5.92 Å². The molecule has 0 spiro atoms. The van der Waals surface area contributed by atoms with Gasteiger partial charge in [0.15, 0.2) is 23.3 Å². The van der Waals surface area contributed by atoms with Gasteiger partial charge in [-0.05, 0) is 60.4 Å². The predicted molar refractivity (Wildman–Crippen MR) is 236 cm³/mol. The van der Waals surface area contributed by atoms with E-state index in [2.05, 4.69) is 85.8 Å². The van der Waals surface area contributed by atoms with E-state index in [1.807, 2.05) is 72.8 Å². The standard InChI is InChI=1S/C50H31N5O2S/c1-28-13-5-6-16-31(28)48-51-44(46-45(52-48)33-18-8-10-24-41(33)58-46)30-25-26-38-36(27-30)43-35(20-12-23-40(43)57-38)50-54-47(29-14-3-2-4-15-29)53-49(55-50)34-19-11-22-39-42(34)32-17-7-9-21-37(32)56-39/h2-12,14-28H,13H2,1H3. The Morgan fingerprint density at radius 2 is 1.19 bits per heavy atom. The molecule has 0 saturated heterocycles. The average molecular weight is 766 g/mol. The van der Waals surface area contributed by atoms with Gasteiger partial charge in [-0.3, -0.25) is 0 Å². The van der Waals surface area contributed by atoms with E-state index >= 15 is 0 Å². The molecule has 12 rings (SSSR count). The van der Waals surface area contributed by atoms with Gasteiger partial charge in [0.2, 0.25) is 0 Å². The molecule has 8 heteroatoms. The molecule has 0 fully saturated rings. The van der Waals surface area contributed by atoms with Crippen molar-refractivity contribution in [1.82, 2.24) is 24.9 Å². The number of para-hydroxylation sites is 1. The minimum absolute atomic E-state index is 0.313. The fourth-order valence-corrected chi connectivity index (χ4v) is 9.56. The Balaban J connectivity index is 1.10. The fourth-order valence-electron chi connectivity index (χ4n) is 8.41. The fraction of sp³-hybridized carbons (Fsp3) is 0.0600. The van der Waals surface area contributed by atoms with E-state index < -0.39 is 0 Å². The van der Waals surface area contributed by atoms with Crippen molar-refractivity contribution in [3.05, 3.63) is 158 Å². The molecule has 0 saturated carbocycles. The Morgan fingerprint density at radius 1 is 0.534 bits per heavy atom. The van der Waals surface area contributed by atoms with Crippen LogP contribution in [0.5, 0.6) is 0 Å². The monoisotopic (exact) mass is 765 g/mol. The summed E-state index contributed by atoms with van der Waals surface area (Å²) in [6, 6.07) is 45.1. The van der Waals surface area contributed by atoms with Crippen molar-refractivity contribution in [3.8, 4) is 45.4 Å². The van der Waals surface area contributed by atoms with Gasteiger partial charge in [0, 0.05) is 53.9 Å². The van der Waals surface area contributed by atoms with Crippen LogP contribution in [0.15, 0.2) is 161 Å². The number of thiophene rings is 1. The summed E-state index contributed by atoms with van der Waals surface area (Å²) in [5.41, 5.74) is 9.77. The Labute approximate surface area is 335 Å². The van der Waals surface area contributed by atoms with Crippen LogP contribution in [0.1, 0.15) is 19.2 Å². The number of allylic oxidation sites excluding steroid dienone is 4. The summed E-state index contributed by atoms with van der Waals surface area (Å²) in [4.78, 5) is 26.1. The van der Waals surface area contributed by atoms with E-state index in [0.717, 1.165) is 105 Å². The van der Waals surface area contributed by atoms with Crippen LogP contribution in [0.3, 0.4) is 0 Å². The molecular formula is C50H31N5O2S. The highest BCUT2D eigenvalue weighted by Gasteiger charge is 2.23. The first-order valence-electron chi connectivity index (χ1n) is 19.4. The lowest BCUT2D eigenvalue weighted by Gasteiger charge is -2.17. The molecule has 0 amide bonds. The average Bonchev–Trinajstić information content (AvgIpc) is 3.97. The molecule has 1 aliphatic carbocycles. The summed E-state index contributed by atoms with van der Waals surface area (Å²) in [5.74, 6) is 2.78. The lowest BCUT2D eigenvalue weighted by Crippen LogP contribution is -2.05. The largest absolute Gasteiger partial charge is 0.456 e. The number of hydrogen-bond acceptors (Lipinski definition) is 8. The third-order valence-electron chi connectivity index (χ3n) is 11.2. The van der Waals surface area contributed by atoms with Crippen LogP contribution in [-0.2, 0) is 0 Å². The number of benzene rings is 6. The SMILES string of the molecule is CC1CC=CC=C1c1nc(-c2ccc3oc4cccc(-c5nc(-c6ccccc6)nc(-c6cccc7oc8ccccc8c67)n5)c4c3c2)c2sc3ccccc3c2n1. The molecule has 5 heterocycles. The number of aromatic nitrogens is 5. The molecule has 11 aromatic rings. The van der Waals surface area contributed by atoms with Gasteiger partial charge in [-0.15, -0.1) is 11.3 Å². The third kappa shape index (κ3) is 5.15. The second-order valence-corrected chi connectivity index (χ2v) is 15.9. The first-order valence-corrected chi connectivity index (χ1v) is 20.2. The zero-order valence-electron chi connectivity index (χ0n) is 31.2. The van der Waals surface area contributed by atoms with E-state index in [4.69, 9.17) is 33.8 Å². The van der Waals surface area contributed by atoms with Crippen LogP contribution >= 0.6 is 11.3 Å². The highest BCUT2D eigenvalue weighted by Crippen LogP contribution is 2.43. The Bertz CT molecular complexity index is 3520. The van der Waals surface area contributed by atoms with E-state index in [-0.39, 0.29) is 0 Å². The van der Waals surface area contributed by atoms with Gasteiger partial charge in [0.25, 0.3) is 0 Å². The second-order valence-electron chi connectivity index (χ2n) is 14.8. The molecule has 0 aliphatic heterocycles. The Morgan fingerprint density at radius 3 is 1.97 bits per heavy atom. The number of furan rings is 2. The van der Waals surface area contributed by atoms with Crippen molar-refractivity contribution in [3.63, 3.8) is 0 Å². The molecular weight excluding hydrogens is 735 g/mol. The molecule has 1 unspecified atom stereocenters. The van der Waals surface area contributed by atoms with Crippen LogP contribution in [0.4, 0.5) is 0 Å². The Hall–Kier alpha value is -7.29. The van der Waals surface area contributed by atoms with Gasteiger partial charge in [-0.25, -0.2) is 24.9 Å². The zero-order chi connectivity index (χ0) is 38.3. The summed E-state index contributed by atoms with van der Waals surface area (Å²) < 4.78 is 15.1. The highest BCUT2D eigenvalue weighted by molar-refractivity contribution is 7.26. The number of hydrogen-bond donors (Lipinski definition) is 0. The predicted octanol–water partition coefficient (Wildman–Crippen LogP) is 13.5. The van der Waals surface area contributed by atoms with Gasteiger partial charge >= 0.3 is 0 Å². The molecule has 6 aromatic carbocycles. The maximum atomic E-state index is 6.57.